The smallest absolute Gasteiger partial charge is 0.336 e. The van der Waals surface area contributed by atoms with Crippen molar-refractivity contribution in [3.05, 3.63) is 69.8 Å². The number of hydrogen-bond acceptors (Lipinski definition) is 7. The first-order chi connectivity index (χ1) is 13.0. The molecule has 0 amide bonds. The van der Waals surface area contributed by atoms with Gasteiger partial charge in [-0.1, -0.05) is 18.2 Å². The van der Waals surface area contributed by atoms with Gasteiger partial charge < -0.3 is 19.4 Å². The number of aromatic hydroxyl groups is 1. The van der Waals surface area contributed by atoms with Gasteiger partial charge in [0.2, 0.25) is 0 Å². The maximum absolute atomic E-state index is 12.0. The van der Waals surface area contributed by atoms with E-state index in [2.05, 4.69) is 4.84 Å². The van der Waals surface area contributed by atoms with Crippen LogP contribution in [0.1, 0.15) is 17.5 Å². The monoisotopic (exact) mass is 373 g/mol. The van der Waals surface area contributed by atoms with Crippen molar-refractivity contribution in [3.63, 3.8) is 0 Å². The van der Waals surface area contributed by atoms with Crippen molar-refractivity contribution in [2.24, 2.45) is 0 Å². The molecule has 0 fully saturated rings. The molecular weight excluding hydrogens is 354 g/mol. The molecule has 0 saturated heterocycles. The van der Waals surface area contributed by atoms with Crippen molar-refractivity contribution in [2.45, 2.75) is 12.8 Å². The first-order valence-electron chi connectivity index (χ1n) is 8.11. The van der Waals surface area contributed by atoms with Crippen LogP contribution in [0.15, 0.2) is 48.5 Å². The zero-order valence-electron chi connectivity index (χ0n) is 14.7. The number of benzene rings is 2. The van der Waals surface area contributed by atoms with E-state index in [1.807, 2.05) is 6.07 Å². The number of hydrogen-bond donors (Lipinski definition) is 1. The van der Waals surface area contributed by atoms with E-state index in [0.29, 0.717) is 29.9 Å². The summed E-state index contributed by atoms with van der Waals surface area (Å²) in [6.07, 6.45) is 3.84. The Morgan fingerprint density at radius 3 is 2.81 bits per heavy atom. The maximum Gasteiger partial charge on any atom is 0.336 e. The highest BCUT2D eigenvalue weighted by Crippen LogP contribution is 2.26. The lowest BCUT2D eigenvalue weighted by molar-refractivity contribution is -0.757. The van der Waals surface area contributed by atoms with Gasteiger partial charge in [-0.3, -0.25) is 0 Å². The van der Waals surface area contributed by atoms with Crippen LogP contribution in [0.5, 0.6) is 17.2 Å². The van der Waals surface area contributed by atoms with Crippen LogP contribution in [0.4, 0.5) is 0 Å². The third-order valence-electron chi connectivity index (χ3n) is 3.54. The normalized spacial score (nSPS) is 10.6. The van der Waals surface area contributed by atoms with Gasteiger partial charge in [-0.15, -0.1) is 10.1 Å². The highest BCUT2D eigenvalue weighted by atomic mass is 16.9. The first-order valence-corrected chi connectivity index (χ1v) is 8.11. The third kappa shape index (κ3) is 6.69. The molecule has 8 nitrogen and oxygen atoms in total. The van der Waals surface area contributed by atoms with Gasteiger partial charge in [-0.2, -0.15) is 0 Å². The fraction of sp³-hybridized carbons (Fsp3) is 0.211. The van der Waals surface area contributed by atoms with Crippen LogP contribution in [-0.4, -0.2) is 29.9 Å². The Labute approximate surface area is 155 Å². The Morgan fingerprint density at radius 2 is 2.07 bits per heavy atom. The number of esters is 1. The second kappa shape index (κ2) is 9.81. The summed E-state index contributed by atoms with van der Waals surface area (Å²) in [5.41, 5.74) is 1.54. The Morgan fingerprint density at radius 1 is 1.26 bits per heavy atom. The number of phenolic OH excluding ortho intramolecular Hbond substituents is 1. The van der Waals surface area contributed by atoms with Crippen molar-refractivity contribution < 1.29 is 29.3 Å². The molecule has 0 atom stereocenters. The van der Waals surface area contributed by atoms with E-state index in [1.54, 1.807) is 36.4 Å². The van der Waals surface area contributed by atoms with E-state index in [4.69, 9.17) is 9.47 Å². The number of carbonyl (C=O) groups excluding carboxylic acids is 1. The summed E-state index contributed by atoms with van der Waals surface area (Å²) in [7, 11) is 1.44. The third-order valence-corrected chi connectivity index (χ3v) is 3.54. The van der Waals surface area contributed by atoms with Crippen LogP contribution in [0, 0.1) is 10.1 Å². The molecular formula is C19H19NO7. The van der Waals surface area contributed by atoms with E-state index in [9.17, 15) is 20.0 Å². The minimum atomic E-state index is -0.825. The Balaban J connectivity index is 1.91. The summed E-state index contributed by atoms with van der Waals surface area (Å²) < 4.78 is 10.3. The molecule has 2 aromatic rings. The molecule has 0 aliphatic rings. The number of methoxy groups -OCH3 is 1. The number of ether oxygens (including phenoxy) is 2. The van der Waals surface area contributed by atoms with Gasteiger partial charge in [0.15, 0.2) is 11.5 Å². The average Bonchev–Trinajstić information content (AvgIpc) is 2.65. The summed E-state index contributed by atoms with van der Waals surface area (Å²) in [6, 6.07) is 11.6. The number of carbonyl (C=O) groups is 1. The molecule has 0 saturated carbocycles. The van der Waals surface area contributed by atoms with Gasteiger partial charge in [0.05, 0.1) is 13.7 Å². The Hall–Kier alpha value is -3.55. The molecule has 0 heterocycles. The molecule has 0 aliphatic heterocycles. The molecule has 1 N–H and O–H groups in total. The summed E-state index contributed by atoms with van der Waals surface area (Å²) in [5.74, 6) is 0.133. The van der Waals surface area contributed by atoms with Crippen LogP contribution < -0.4 is 9.47 Å². The quantitative estimate of drug-likeness (QED) is 0.180. The lowest BCUT2D eigenvalue weighted by Crippen LogP contribution is -2.05. The topological polar surface area (TPSA) is 108 Å². The van der Waals surface area contributed by atoms with Crippen molar-refractivity contribution in [1.29, 1.82) is 0 Å². The molecule has 0 aliphatic carbocycles. The molecule has 0 unspecified atom stereocenters. The zero-order valence-corrected chi connectivity index (χ0v) is 14.7. The van der Waals surface area contributed by atoms with Crippen LogP contribution in [0.2, 0.25) is 0 Å². The fourth-order valence-corrected chi connectivity index (χ4v) is 2.29. The van der Waals surface area contributed by atoms with Gasteiger partial charge in [0.25, 0.3) is 5.09 Å². The number of aryl methyl sites for hydroxylation is 1. The van der Waals surface area contributed by atoms with Gasteiger partial charge in [0, 0.05) is 6.08 Å². The minimum absolute atomic E-state index is 0.00977. The van der Waals surface area contributed by atoms with E-state index in [0.717, 1.165) is 5.56 Å². The summed E-state index contributed by atoms with van der Waals surface area (Å²) in [5, 5.41) is 18.8. The Kier molecular flexibility index (Phi) is 7.18. The van der Waals surface area contributed by atoms with Crippen LogP contribution in [0.3, 0.4) is 0 Å². The van der Waals surface area contributed by atoms with Gasteiger partial charge >= 0.3 is 5.97 Å². The molecule has 27 heavy (non-hydrogen) atoms. The lowest BCUT2D eigenvalue weighted by Gasteiger charge is -2.05. The maximum atomic E-state index is 12.0. The zero-order chi connectivity index (χ0) is 19.6. The molecule has 0 spiro atoms. The van der Waals surface area contributed by atoms with Gasteiger partial charge in [0.1, 0.15) is 5.75 Å². The molecule has 0 aromatic heterocycles. The van der Waals surface area contributed by atoms with E-state index < -0.39 is 11.1 Å². The number of phenols is 1. The molecule has 2 rings (SSSR count). The minimum Gasteiger partial charge on any atom is -0.504 e. The Bertz CT molecular complexity index is 833. The summed E-state index contributed by atoms with van der Waals surface area (Å²) in [4.78, 5) is 26.3. The number of rotatable bonds is 9. The lowest BCUT2D eigenvalue weighted by atomic mass is 10.1. The SMILES string of the molecule is COc1cc(/C=C/C(=O)Oc2cccc(CCCO[N+](=O)[O-])c2)ccc1O. The van der Waals surface area contributed by atoms with E-state index >= 15 is 0 Å². The molecule has 142 valence electrons. The van der Waals surface area contributed by atoms with E-state index in [-0.39, 0.29) is 12.4 Å². The highest BCUT2D eigenvalue weighted by molar-refractivity contribution is 5.88. The van der Waals surface area contributed by atoms with E-state index in [1.165, 1.54) is 19.3 Å². The van der Waals surface area contributed by atoms with Crippen molar-refractivity contribution >= 4 is 12.0 Å². The van der Waals surface area contributed by atoms with Crippen molar-refractivity contribution in [1.82, 2.24) is 0 Å². The van der Waals surface area contributed by atoms with Crippen LogP contribution >= 0.6 is 0 Å². The molecule has 0 bridgehead atoms. The predicted octanol–water partition coefficient (Wildman–Crippen LogP) is 3.16. The molecule has 8 heteroatoms. The highest BCUT2D eigenvalue weighted by Gasteiger charge is 2.04. The van der Waals surface area contributed by atoms with Gasteiger partial charge in [-0.05, 0) is 54.3 Å². The van der Waals surface area contributed by atoms with Gasteiger partial charge in [-0.25, -0.2) is 4.79 Å². The largest absolute Gasteiger partial charge is 0.504 e. The standard InChI is InChI=1S/C19H19NO7/c1-25-18-13-15(7-9-17(18)21)8-10-19(22)27-16-6-2-4-14(12-16)5-3-11-26-20(23)24/h2,4,6-10,12-13,21H,3,5,11H2,1H3/b10-8+. The summed E-state index contributed by atoms with van der Waals surface area (Å²) in [6.45, 7) is 0.00977. The summed E-state index contributed by atoms with van der Waals surface area (Å²) >= 11 is 0. The van der Waals surface area contributed by atoms with Crippen molar-refractivity contribution in [3.8, 4) is 17.2 Å². The first kappa shape index (κ1) is 19.8. The van der Waals surface area contributed by atoms with Crippen LogP contribution in [-0.2, 0) is 16.1 Å². The molecule has 0 radical (unpaired) electrons. The molecule has 2 aromatic carbocycles. The van der Waals surface area contributed by atoms with Crippen molar-refractivity contribution in [2.75, 3.05) is 13.7 Å². The second-order valence-electron chi connectivity index (χ2n) is 5.49. The predicted molar refractivity (Wildman–Crippen MR) is 97.0 cm³/mol. The second-order valence-corrected chi connectivity index (χ2v) is 5.49. The fourth-order valence-electron chi connectivity index (χ4n) is 2.29. The average molecular weight is 373 g/mol. The van der Waals surface area contributed by atoms with Crippen LogP contribution in [0.25, 0.3) is 6.08 Å². The number of nitrogens with zero attached hydrogens (tertiary/aromatic N) is 1.